The van der Waals surface area contributed by atoms with Crippen molar-refractivity contribution in [3.05, 3.63) is 29.3 Å². The summed E-state index contributed by atoms with van der Waals surface area (Å²) < 4.78 is 43.9. The van der Waals surface area contributed by atoms with Gasteiger partial charge in [-0.25, -0.2) is 4.79 Å². The first-order valence-corrected chi connectivity index (χ1v) is 6.88. The number of benzene rings is 1. The number of rotatable bonds is 3. The number of hydrogen-bond acceptors (Lipinski definition) is 2. The molecule has 0 radical (unpaired) electrons. The molecule has 2 unspecified atom stereocenters. The van der Waals surface area contributed by atoms with Crippen molar-refractivity contribution < 1.29 is 27.8 Å². The van der Waals surface area contributed by atoms with Gasteiger partial charge in [0.2, 0.25) is 0 Å². The van der Waals surface area contributed by atoms with Crippen molar-refractivity contribution in [1.82, 2.24) is 0 Å². The lowest BCUT2D eigenvalue weighted by atomic mass is 9.88. The highest BCUT2D eigenvalue weighted by Crippen LogP contribution is 2.35. The summed E-state index contributed by atoms with van der Waals surface area (Å²) in [6.45, 7) is 2.10. The second-order valence-corrected chi connectivity index (χ2v) is 5.52. The van der Waals surface area contributed by atoms with Crippen molar-refractivity contribution >= 4 is 5.97 Å². The van der Waals surface area contributed by atoms with E-state index in [1.165, 1.54) is 6.07 Å². The normalized spacial score (nSPS) is 22.9. The van der Waals surface area contributed by atoms with E-state index in [0.717, 1.165) is 37.8 Å². The monoisotopic (exact) mass is 302 g/mol. The van der Waals surface area contributed by atoms with Crippen molar-refractivity contribution in [2.75, 3.05) is 0 Å². The van der Waals surface area contributed by atoms with E-state index in [9.17, 15) is 18.0 Å². The van der Waals surface area contributed by atoms with Crippen LogP contribution in [0.3, 0.4) is 0 Å². The highest BCUT2D eigenvalue weighted by atomic mass is 19.4. The van der Waals surface area contributed by atoms with E-state index in [2.05, 4.69) is 6.92 Å². The zero-order chi connectivity index (χ0) is 15.6. The molecule has 1 aliphatic rings. The Balaban J connectivity index is 2.22. The Labute approximate surface area is 120 Å². The zero-order valence-corrected chi connectivity index (χ0v) is 11.6. The van der Waals surface area contributed by atoms with Crippen LogP contribution in [0, 0.1) is 5.92 Å². The number of ether oxygens (including phenoxy) is 1. The maximum absolute atomic E-state index is 12.7. The first kappa shape index (κ1) is 15.7. The molecule has 2 rings (SSSR count). The van der Waals surface area contributed by atoms with Crippen molar-refractivity contribution in [2.24, 2.45) is 5.92 Å². The second-order valence-electron chi connectivity index (χ2n) is 5.52. The lowest BCUT2D eigenvalue weighted by Crippen LogP contribution is -2.24. The number of halogens is 3. The van der Waals surface area contributed by atoms with Crippen LogP contribution in [0.4, 0.5) is 13.2 Å². The number of alkyl halides is 3. The molecule has 0 aromatic heterocycles. The molecule has 1 fully saturated rings. The van der Waals surface area contributed by atoms with Gasteiger partial charge in [0.15, 0.2) is 0 Å². The van der Waals surface area contributed by atoms with Gasteiger partial charge in [-0.15, -0.1) is 0 Å². The molecule has 1 aromatic rings. The van der Waals surface area contributed by atoms with Crippen molar-refractivity contribution in [1.29, 1.82) is 0 Å². The van der Waals surface area contributed by atoms with E-state index in [0.29, 0.717) is 5.92 Å². The number of carboxylic acids is 1. The third kappa shape index (κ3) is 3.89. The molecule has 116 valence electrons. The van der Waals surface area contributed by atoms with Crippen LogP contribution in [0.5, 0.6) is 5.75 Å². The Bertz CT molecular complexity index is 525. The molecule has 1 aromatic carbocycles. The van der Waals surface area contributed by atoms with Crippen LogP contribution in [-0.2, 0) is 6.18 Å². The number of hydrogen-bond donors (Lipinski definition) is 1. The Morgan fingerprint density at radius 1 is 1.33 bits per heavy atom. The lowest BCUT2D eigenvalue weighted by Gasteiger charge is -2.27. The maximum atomic E-state index is 12.7. The summed E-state index contributed by atoms with van der Waals surface area (Å²) in [6.07, 6.45) is -0.943. The summed E-state index contributed by atoms with van der Waals surface area (Å²) in [5.74, 6) is -0.915. The van der Waals surface area contributed by atoms with Crippen LogP contribution in [0.15, 0.2) is 18.2 Å². The highest BCUT2D eigenvalue weighted by molar-refractivity contribution is 5.90. The zero-order valence-electron chi connectivity index (χ0n) is 11.6. The molecule has 1 aliphatic carbocycles. The van der Waals surface area contributed by atoms with Gasteiger partial charge in [-0.3, -0.25) is 0 Å². The molecule has 1 N–H and O–H groups in total. The third-order valence-electron chi connectivity index (χ3n) is 3.72. The standard InChI is InChI=1S/C15H17F3O3/c1-9-3-2-4-10(7-9)21-11-5-6-13(15(16,17)18)12(8-11)14(19)20/h5-6,8-10H,2-4,7H2,1H3,(H,19,20). The van der Waals surface area contributed by atoms with Gasteiger partial charge in [-0.1, -0.05) is 13.3 Å². The Kier molecular flexibility index (Phi) is 4.44. The van der Waals surface area contributed by atoms with Gasteiger partial charge < -0.3 is 9.84 Å². The van der Waals surface area contributed by atoms with Gasteiger partial charge in [0.25, 0.3) is 0 Å². The molecular formula is C15H17F3O3. The Hall–Kier alpha value is -1.72. The van der Waals surface area contributed by atoms with E-state index in [-0.39, 0.29) is 11.9 Å². The average Bonchev–Trinajstić information content (AvgIpc) is 2.37. The summed E-state index contributed by atoms with van der Waals surface area (Å²) in [4.78, 5) is 11.0. The predicted molar refractivity (Wildman–Crippen MR) is 70.5 cm³/mol. The smallest absolute Gasteiger partial charge is 0.417 e. The fourth-order valence-electron chi connectivity index (χ4n) is 2.70. The topological polar surface area (TPSA) is 46.5 Å². The first-order chi connectivity index (χ1) is 9.77. The van der Waals surface area contributed by atoms with Crippen LogP contribution in [0.25, 0.3) is 0 Å². The molecule has 0 heterocycles. The van der Waals surface area contributed by atoms with Crippen molar-refractivity contribution in [3.8, 4) is 5.75 Å². The molecule has 0 aliphatic heterocycles. The minimum Gasteiger partial charge on any atom is -0.490 e. The van der Waals surface area contributed by atoms with E-state index in [4.69, 9.17) is 9.84 Å². The first-order valence-electron chi connectivity index (χ1n) is 6.88. The number of carbonyl (C=O) groups is 1. The fourth-order valence-corrected chi connectivity index (χ4v) is 2.70. The molecule has 21 heavy (non-hydrogen) atoms. The van der Waals surface area contributed by atoms with E-state index in [1.807, 2.05) is 0 Å². The quantitative estimate of drug-likeness (QED) is 0.902. The van der Waals surface area contributed by atoms with Crippen LogP contribution in [0.2, 0.25) is 0 Å². The largest absolute Gasteiger partial charge is 0.490 e. The fraction of sp³-hybridized carbons (Fsp3) is 0.533. The van der Waals surface area contributed by atoms with Gasteiger partial charge in [0, 0.05) is 0 Å². The van der Waals surface area contributed by atoms with Crippen LogP contribution < -0.4 is 4.74 Å². The number of aromatic carboxylic acids is 1. The van der Waals surface area contributed by atoms with E-state index < -0.39 is 23.3 Å². The molecule has 0 saturated heterocycles. The van der Waals surface area contributed by atoms with Gasteiger partial charge in [-0.2, -0.15) is 13.2 Å². The summed E-state index contributed by atoms with van der Waals surface area (Å²) in [5.41, 5.74) is -1.93. The SMILES string of the molecule is CC1CCCC(Oc2ccc(C(F)(F)F)c(C(=O)O)c2)C1. The Morgan fingerprint density at radius 3 is 2.62 bits per heavy atom. The molecule has 2 atom stereocenters. The second kappa shape index (κ2) is 5.95. The number of carboxylic acid groups (broad SMARTS) is 1. The molecular weight excluding hydrogens is 285 g/mol. The molecule has 0 amide bonds. The molecule has 3 nitrogen and oxygen atoms in total. The summed E-state index contributed by atoms with van der Waals surface area (Å²) >= 11 is 0. The minimum absolute atomic E-state index is 0.0628. The van der Waals surface area contributed by atoms with E-state index in [1.54, 1.807) is 0 Å². The van der Waals surface area contributed by atoms with Crippen LogP contribution in [0.1, 0.15) is 48.5 Å². The highest BCUT2D eigenvalue weighted by Gasteiger charge is 2.35. The molecule has 0 spiro atoms. The molecule has 1 saturated carbocycles. The van der Waals surface area contributed by atoms with Crippen LogP contribution >= 0.6 is 0 Å². The molecule has 0 bridgehead atoms. The molecule has 6 heteroatoms. The van der Waals surface area contributed by atoms with Gasteiger partial charge in [0.05, 0.1) is 17.2 Å². The maximum Gasteiger partial charge on any atom is 0.417 e. The summed E-state index contributed by atoms with van der Waals surface area (Å²) in [5, 5.41) is 8.95. The van der Waals surface area contributed by atoms with Gasteiger partial charge in [0.1, 0.15) is 5.75 Å². The van der Waals surface area contributed by atoms with Crippen LogP contribution in [-0.4, -0.2) is 17.2 Å². The lowest BCUT2D eigenvalue weighted by molar-refractivity contribution is -0.138. The Morgan fingerprint density at radius 2 is 2.05 bits per heavy atom. The summed E-state index contributed by atoms with van der Waals surface area (Å²) in [6, 6.07) is 2.92. The minimum atomic E-state index is -4.69. The third-order valence-corrected chi connectivity index (χ3v) is 3.72. The van der Waals surface area contributed by atoms with E-state index >= 15 is 0 Å². The van der Waals surface area contributed by atoms with Crippen molar-refractivity contribution in [2.45, 2.75) is 44.9 Å². The van der Waals surface area contributed by atoms with Gasteiger partial charge >= 0.3 is 12.1 Å². The van der Waals surface area contributed by atoms with Gasteiger partial charge in [-0.05, 0) is 43.4 Å². The summed E-state index contributed by atoms with van der Waals surface area (Å²) in [7, 11) is 0. The predicted octanol–water partition coefficient (Wildman–Crippen LogP) is 4.36. The van der Waals surface area contributed by atoms with Crippen molar-refractivity contribution in [3.63, 3.8) is 0 Å². The average molecular weight is 302 g/mol.